The first-order valence-electron chi connectivity index (χ1n) is 10.2. The van der Waals surface area contributed by atoms with Crippen molar-refractivity contribution in [2.45, 2.75) is 51.1 Å². The number of halogens is 1. The standard InChI is InChI=1S/C23H24FN3O3/c1-15-9-11-19(12-10-15)27-22(29)20(26(23(27)30)18-7-2-3-8-18)14-21(28)25-17-6-4-5-16(24)13-17/h4-6,9-13,18,20H,2-3,7-8,14H2,1H3,(H,25,28). The highest BCUT2D eigenvalue weighted by Gasteiger charge is 2.49. The van der Waals surface area contributed by atoms with E-state index in [4.69, 9.17) is 0 Å². The highest BCUT2D eigenvalue weighted by molar-refractivity contribution is 6.22. The fourth-order valence-electron chi connectivity index (χ4n) is 4.28. The molecule has 7 heteroatoms. The van der Waals surface area contributed by atoms with Gasteiger partial charge in [-0.25, -0.2) is 14.1 Å². The molecule has 0 aromatic heterocycles. The molecule has 1 saturated carbocycles. The SMILES string of the molecule is Cc1ccc(N2C(=O)C(CC(=O)Nc3cccc(F)c3)N(C3CCCC3)C2=O)cc1. The summed E-state index contributed by atoms with van der Waals surface area (Å²) >= 11 is 0. The third kappa shape index (κ3) is 3.92. The van der Waals surface area contributed by atoms with Gasteiger partial charge in [0.15, 0.2) is 0 Å². The fourth-order valence-corrected chi connectivity index (χ4v) is 4.28. The minimum absolute atomic E-state index is 0.0520. The van der Waals surface area contributed by atoms with Gasteiger partial charge in [-0.15, -0.1) is 0 Å². The van der Waals surface area contributed by atoms with Gasteiger partial charge in [0.1, 0.15) is 11.9 Å². The number of hydrogen-bond donors (Lipinski definition) is 1. The van der Waals surface area contributed by atoms with Crippen molar-refractivity contribution in [1.82, 2.24) is 4.90 Å². The van der Waals surface area contributed by atoms with Crippen LogP contribution in [0.15, 0.2) is 48.5 Å². The second kappa shape index (κ2) is 8.26. The first kappa shape index (κ1) is 20.1. The van der Waals surface area contributed by atoms with Gasteiger partial charge in [-0.1, -0.05) is 36.6 Å². The molecule has 1 atom stereocenters. The minimum atomic E-state index is -0.865. The Balaban J connectivity index is 1.58. The molecule has 30 heavy (non-hydrogen) atoms. The van der Waals surface area contributed by atoms with E-state index in [0.29, 0.717) is 11.4 Å². The summed E-state index contributed by atoms with van der Waals surface area (Å²) < 4.78 is 13.4. The van der Waals surface area contributed by atoms with Crippen LogP contribution in [0.4, 0.5) is 20.6 Å². The van der Waals surface area contributed by atoms with Crippen LogP contribution >= 0.6 is 0 Å². The number of nitrogens with one attached hydrogen (secondary N) is 1. The molecular weight excluding hydrogens is 385 g/mol. The van der Waals surface area contributed by atoms with Crippen molar-refractivity contribution in [2.24, 2.45) is 0 Å². The summed E-state index contributed by atoms with van der Waals surface area (Å²) in [5, 5.41) is 2.63. The molecule has 1 saturated heterocycles. The normalized spacial score (nSPS) is 19.6. The van der Waals surface area contributed by atoms with Crippen LogP contribution in [-0.4, -0.2) is 34.8 Å². The molecule has 2 fully saturated rings. The van der Waals surface area contributed by atoms with Gasteiger partial charge >= 0.3 is 6.03 Å². The van der Waals surface area contributed by atoms with Crippen LogP contribution in [0.2, 0.25) is 0 Å². The number of aryl methyl sites for hydroxylation is 1. The maximum absolute atomic E-state index is 13.4. The molecule has 0 spiro atoms. The van der Waals surface area contributed by atoms with Crippen LogP contribution in [0.25, 0.3) is 0 Å². The molecule has 2 aromatic carbocycles. The van der Waals surface area contributed by atoms with Crippen LogP contribution in [0.3, 0.4) is 0 Å². The van der Waals surface area contributed by atoms with E-state index in [1.54, 1.807) is 23.1 Å². The van der Waals surface area contributed by atoms with Crippen LogP contribution in [-0.2, 0) is 9.59 Å². The largest absolute Gasteiger partial charge is 0.332 e. The van der Waals surface area contributed by atoms with Crippen molar-refractivity contribution in [2.75, 3.05) is 10.2 Å². The number of anilines is 2. The molecule has 1 heterocycles. The molecule has 6 nitrogen and oxygen atoms in total. The topological polar surface area (TPSA) is 69.7 Å². The zero-order valence-electron chi connectivity index (χ0n) is 16.8. The molecule has 4 amide bonds. The van der Waals surface area contributed by atoms with Gasteiger partial charge in [0.25, 0.3) is 5.91 Å². The summed E-state index contributed by atoms with van der Waals surface area (Å²) in [5.74, 6) is -1.29. The van der Waals surface area contributed by atoms with Crippen molar-refractivity contribution < 1.29 is 18.8 Å². The molecule has 1 N–H and O–H groups in total. The van der Waals surface area contributed by atoms with Gasteiger partial charge < -0.3 is 10.2 Å². The fraction of sp³-hybridized carbons (Fsp3) is 0.348. The zero-order valence-corrected chi connectivity index (χ0v) is 16.8. The zero-order chi connectivity index (χ0) is 21.3. The molecule has 156 valence electrons. The second-order valence-electron chi connectivity index (χ2n) is 7.92. The number of nitrogens with zero attached hydrogens (tertiary/aromatic N) is 2. The van der Waals surface area contributed by atoms with E-state index in [0.717, 1.165) is 31.2 Å². The van der Waals surface area contributed by atoms with Gasteiger partial charge in [-0.2, -0.15) is 0 Å². The number of carbonyl (C=O) groups is 3. The summed E-state index contributed by atoms with van der Waals surface area (Å²) in [6.07, 6.45) is 3.47. The van der Waals surface area contributed by atoms with Gasteiger partial charge in [-0.3, -0.25) is 9.59 Å². The highest BCUT2D eigenvalue weighted by Crippen LogP contribution is 2.34. The Morgan fingerprint density at radius 1 is 1.10 bits per heavy atom. The lowest BCUT2D eigenvalue weighted by molar-refractivity contribution is -0.124. The van der Waals surface area contributed by atoms with E-state index in [1.165, 1.54) is 23.1 Å². The predicted octanol–water partition coefficient (Wildman–Crippen LogP) is 4.24. The average molecular weight is 409 g/mol. The van der Waals surface area contributed by atoms with Gasteiger partial charge in [0.2, 0.25) is 5.91 Å². The van der Waals surface area contributed by atoms with Crippen molar-refractivity contribution >= 4 is 29.2 Å². The monoisotopic (exact) mass is 409 g/mol. The number of carbonyl (C=O) groups excluding carboxylic acids is 3. The maximum Gasteiger partial charge on any atom is 0.332 e. The Morgan fingerprint density at radius 2 is 1.80 bits per heavy atom. The van der Waals surface area contributed by atoms with Crippen molar-refractivity contribution in [3.8, 4) is 0 Å². The average Bonchev–Trinajstić information content (AvgIpc) is 3.30. The third-order valence-electron chi connectivity index (χ3n) is 5.75. The van der Waals surface area contributed by atoms with Crippen molar-refractivity contribution in [3.05, 3.63) is 59.9 Å². The maximum atomic E-state index is 13.4. The van der Waals surface area contributed by atoms with Gasteiger partial charge in [0.05, 0.1) is 12.1 Å². The minimum Gasteiger partial charge on any atom is -0.326 e. The number of urea groups is 1. The molecule has 0 radical (unpaired) electrons. The Hall–Kier alpha value is -3.22. The summed E-state index contributed by atoms with van der Waals surface area (Å²) in [6, 6.07) is 11.5. The Kier molecular flexibility index (Phi) is 5.53. The molecule has 1 aliphatic heterocycles. The van der Waals surface area contributed by atoms with Crippen LogP contribution in [0.5, 0.6) is 0 Å². The molecule has 1 aliphatic carbocycles. The molecule has 2 aliphatic rings. The molecule has 1 unspecified atom stereocenters. The first-order valence-corrected chi connectivity index (χ1v) is 10.2. The predicted molar refractivity (Wildman–Crippen MR) is 112 cm³/mol. The second-order valence-corrected chi connectivity index (χ2v) is 7.92. The van der Waals surface area contributed by atoms with Gasteiger partial charge in [-0.05, 0) is 50.1 Å². The lowest BCUT2D eigenvalue weighted by Gasteiger charge is -2.27. The Bertz CT molecular complexity index is 970. The first-order chi connectivity index (χ1) is 14.4. The summed E-state index contributed by atoms with van der Waals surface area (Å²) in [5.41, 5.74) is 1.85. The quantitative estimate of drug-likeness (QED) is 0.751. The number of hydrogen-bond acceptors (Lipinski definition) is 3. The molecular formula is C23H24FN3O3. The van der Waals surface area contributed by atoms with E-state index in [-0.39, 0.29) is 18.5 Å². The van der Waals surface area contributed by atoms with E-state index in [1.807, 2.05) is 19.1 Å². The summed E-state index contributed by atoms with van der Waals surface area (Å²) in [7, 11) is 0. The number of imide groups is 1. The van der Waals surface area contributed by atoms with Crippen LogP contribution in [0.1, 0.15) is 37.7 Å². The highest BCUT2D eigenvalue weighted by atomic mass is 19.1. The number of amides is 4. The number of benzene rings is 2. The summed E-state index contributed by atoms with van der Waals surface area (Å²) in [4.78, 5) is 41.9. The molecule has 0 bridgehead atoms. The smallest absolute Gasteiger partial charge is 0.326 e. The lowest BCUT2D eigenvalue weighted by Crippen LogP contribution is -2.43. The van der Waals surface area contributed by atoms with Crippen molar-refractivity contribution in [3.63, 3.8) is 0 Å². The van der Waals surface area contributed by atoms with Gasteiger partial charge in [0, 0.05) is 11.7 Å². The summed E-state index contributed by atoms with van der Waals surface area (Å²) in [6.45, 7) is 1.93. The Morgan fingerprint density at radius 3 is 2.47 bits per heavy atom. The van der Waals surface area contributed by atoms with E-state index >= 15 is 0 Å². The van der Waals surface area contributed by atoms with E-state index in [2.05, 4.69) is 5.32 Å². The van der Waals surface area contributed by atoms with E-state index < -0.39 is 23.7 Å². The van der Waals surface area contributed by atoms with Crippen molar-refractivity contribution in [1.29, 1.82) is 0 Å². The van der Waals surface area contributed by atoms with Crippen LogP contribution in [0, 0.1) is 12.7 Å². The lowest BCUT2D eigenvalue weighted by atomic mass is 10.1. The Labute approximate surface area is 174 Å². The number of rotatable bonds is 5. The van der Waals surface area contributed by atoms with E-state index in [9.17, 15) is 18.8 Å². The third-order valence-corrected chi connectivity index (χ3v) is 5.75. The van der Waals surface area contributed by atoms with Crippen LogP contribution < -0.4 is 10.2 Å². The molecule has 2 aromatic rings. The molecule has 4 rings (SSSR count).